The van der Waals surface area contributed by atoms with Crippen LogP contribution in [0.1, 0.15) is 11.1 Å². The highest BCUT2D eigenvalue weighted by Crippen LogP contribution is 2.31. The summed E-state index contributed by atoms with van der Waals surface area (Å²) in [5.41, 5.74) is -1.01. The van der Waals surface area contributed by atoms with E-state index in [0.29, 0.717) is 6.07 Å². The molecule has 2 aromatic carbocycles. The van der Waals surface area contributed by atoms with Gasteiger partial charge in [-0.1, -0.05) is 29.3 Å². The lowest BCUT2D eigenvalue weighted by molar-refractivity contribution is -0.137. The van der Waals surface area contributed by atoms with E-state index in [1.54, 1.807) is 6.07 Å². The van der Waals surface area contributed by atoms with E-state index in [4.69, 9.17) is 23.2 Å². The number of carbonyl (C=O) groups excluding carboxylic acids is 1. The van der Waals surface area contributed by atoms with E-state index in [1.165, 1.54) is 12.1 Å². The van der Waals surface area contributed by atoms with Crippen molar-refractivity contribution in [3.8, 4) is 0 Å². The second-order valence-corrected chi connectivity index (χ2v) is 5.56. The predicted molar refractivity (Wildman–Crippen MR) is 83.7 cm³/mol. The Bertz CT molecular complexity index is 745. The number of rotatable bonds is 3. The number of halogens is 6. The predicted octanol–water partition coefficient (Wildman–Crippen LogP) is 5.47. The topological polar surface area (TPSA) is 41.1 Å². The average molecular weight is 381 g/mol. The highest BCUT2D eigenvalue weighted by molar-refractivity contribution is 6.39. The maximum absolute atomic E-state index is 13.3. The molecular formula is C15H10Cl2F4N2O. The summed E-state index contributed by atoms with van der Waals surface area (Å²) >= 11 is 11.8. The number of urea groups is 1. The molecule has 2 N–H and O–H groups in total. The summed E-state index contributed by atoms with van der Waals surface area (Å²) in [6.45, 7) is -0.311. The molecule has 0 radical (unpaired) electrons. The van der Waals surface area contributed by atoms with Gasteiger partial charge in [-0.25, -0.2) is 9.18 Å². The lowest BCUT2D eigenvalue weighted by Crippen LogP contribution is -2.28. The van der Waals surface area contributed by atoms with E-state index in [9.17, 15) is 22.4 Å². The molecule has 24 heavy (non-hydrogen) atoms. The molecule has 0 fully saturated rings. The molecule has 0 aliphatic carbocycles. The van der Waals surface area contributed by atoms with Crippen LogP contribution in [0.25, 0.3) is 0 Å². The van der Waals surface area contributed by atoms with E-state index >= 15 is 0 Å². The summed E-state index contributed by atoms with van der Waals surface area (Å²) in [7, 11) is 0. The number of hydrogen-bond acceptors (Lipinski definition) is 1. The van der Waals surface area contributed by atoms with Crippen LogP contribution in [0.3, 0.4) is 0 Å². The third-order valence-electron chi connectivity index (χ3n) is 2.94. The van der Waals surface area contributed by atoms with Crippen LogP contribution < -0.4 is 10.6 Å². The van der Waals surface area contributed by atoms with Crippen LogP contribution in [-0.2, 0) is 12.7 Å². The molecule has 3 nitrogen and oxygen atoms in total. The minimum atomic E-state index is -4.68. The summed E-state index contributed by atoms with van der Waals surface area (Å²) in [6, 6.07) is 5.88. The fourth-order valence-corrected chi connectivity index (χ4v) is 2.37. The zero-order chi connectivity index (χ0) is 17.9. The van der Waals surface area contributed by atoms with Gasteiger partial charge in [0, 0.05) is 6.54 Å². The summed E-state index contributed by atoms with van der Waals surface area (Å²) in [5, 5.41) is 5.08. The lowest BCUT2D eigenvalue weighted by Gasteiger charge is -2.12. The molecule has 2 rings (SSSR count). The Kier molecular flexibility index (Phi) is 5.56. The van der Waals surface area contributed by atoms with Crippen molar-refractivity contribution in [3.05, 3.63) is 63.4 Å². The van der Waals surface area contributed by atoms with Gasteiger partial charge in [-0.15, -0.1) is 0 Å². The number of alkyl halides is 3. The van der Waals surface area contributed by atoms with Gasteiger partial charge in [-0.05, 0) is 35.9 Å². The fraction of sp³-hybridized carbons (Fsp3) is 0.133. The molecule has 128 valence electrons. The number of nitrogens with one attached hydrogen (secondary N) is 2. The minimum Gasteiger partial charge on any atom is -0.334 e. The van der Waals surface area contributed by atoms with E-state index in [1.807, 2.05) is 0 Å². The van der Waals surface area contributed by atoms with E-state index in [-0.39, 0.29) is 27.8 Å². The van der Waals surface area contributed by atoms with Crippen LogP contribution in [-0.4, -0.2) is 6.03 Å². The van der Waals surface area contributed by atoms with E-state index < -0.39 is 23.6 Å². The van der Waals surface area contributed by atoms with Crippen molar-refractivity contribution < 1.29 is 22.4 Å². The van der Waals surface area contributed by atoms with E-state index in [2.05, 4.69) is 10.6 Å². The number of carbonyl (C=O) groups is 1. The van der Waals surface area contributed by atoms with Crippen LogP contribution in [0.5, 0.6) is 0 Å². The lowest BCUT2D eigenvalue weighted by atomic mass is 10.1. The van der Waals surface area contributed by atoms with Gasteiger partial charge in [0.05, 0.1) is 21.3 Å². The molecule has 0 aliphatic heterocycles. The Morgan fingerprint density at radius 3 is 2.29 bits per heavy atom. The highest BCUT2D eigenvalue weighted by atomic mass is 35.5. The first-order valence-electron chi connectivity index (χ1n) is 6.52. The van der Waals surface area contributed by atoms with Gasteiger partial charge in [-0.2, -0.15) is 13.2 Å². The van der Waals surface area contributed by atoms with Crippen LogP contribution >= 0.6 is 23.2 Å². The van der Waals surface area contributed by atoms with Gasteiger partial charge in [0.1, 0.15) is 5.82 Å². The SMILES string of the molecule is O=C(NCc1cc(F)cc(C(F)(F)F)c1)Nc1c(Cl)cccc1Cl. The molecule has 0 saturated heterocycles. The molecule has 2 amide bonds. The third-order valence-corrected chi connectivity index (χ3v) is 3.57. The second-order valence-electron chi connectivity index (χ2n) is 4.75. The van der Waals surface area contributed by atoms with Gasteiger partial charge in [0.15, 0.2) is 0 Å². The molecule has 0 saturated carbocycles. The van der Waals surface area contributed by atoms with Crippen LogP contribution in [0.2, 0.25) is 10.0 Å². The maximum Gasteiger partial charge on any atom is 0.416 e. The minimum absolute atomic E-state index is 0.0391. The van der Waals surface area contributed by atoms with Gasteiger partial charge < -0.3 is 10.6 Å². The number of para-hydroxylation sites is 1. The molecule has 0 spiro atoms. The smallest absolute Gasteiger partial charge is 0.334 e. The fourth-order valence-electron chi connectivity index (χ4n) is 1.87. The van der Waals surface area contributed by atoms with Gasteiger partial charge >= 0.3 is 12.2 Å². The largest absolute Gasteiger partial charge is 0.416 e. The molecule has 0 atom stereocenters. The summed E-state index contributed by atoms with van der Waals surface area (Å²) in [5.74, 6) is -1.05. The van der Waals surface area contributed by atoms with Crippen molar-refractivity contribution in [1.29, 1.82) is 0 Å². The van der Waals surface area contributed by atoms with E-state index in [0.717, 1.165) is 12.1 Å². The van der Waals surface area contributed by atoms with Crippen molar-refractivity contribution in [2.24, 2.45) is 0 Å². The van der Waals surface area contributed by atoms with Crippen LogP contribution in [0, 0.1) is 5.82 Å². The monoisotopic (exact) mass is 380 g/mol. The van der Waals surface area contributed by atoms with Gasteiger partial charge in [-0.3, -0.25) is 0 Å². The number of anilines is 1. The molecule has 0 bridgehead atoms. The van der Waals surface area contributed by atoms with Crippen molar-refractivity contribution in [2.75, 3.05) is 5.32 Å². The summed E-state index contributed by atoms with van der Waals surface area (Å²) < 4.78 is 51.2. The molecule has 0 aromatic heterocycles. The first-order chi connectivity index (χ1) is 11.2. The molecular weight excluding hydrogens is 371 g/mol. The number of amides is 2. The van der Waals surface area contributed by atoms with Crippen molar-refractivity contribution in [1.82, 2.24) is 5.32 Å². The summed E-state index contributed by atoms with van der Waals surface area (Å²) in [4.78, 5) is 11.8. The Labute approximate surface area is 144 Å². The Hall–Kier alpha value is -1.99. The highest BCUT2D eigenvalue weighted by Gasteiger charge is 2.31. The molecule has 2 aromatic rings. The first kappa shape index (κ1) is 18.4. The van der Waals surface area contributed by atoms with Crippen molar-refractivity contribution >= 4 is 34.9 Å². The van der Waals surface area contributed by atoms with Gasteiger partial charge in [0.2, 0.25) is 0 Å². The molecule has 0 aliphatic rings. The number of hydrogen-bond donors (Lipinski definition) is 2. The Morgan fingerprint density at radius 1 is 1.08 bits per heavy atom. The summed E-state index contributed by atoms with van der Waals surface area (Å²) in [6.07, 6.45) is -4.68. The molecule has 0 heterocycles. The van der Waals surface area contributed by atoms with Crippen LogP contribution in [0.4, 0.5) is 28.0 Å². The zero-order valence-electron chi connectivity index (χ0n) is 11.8. The quantitative estimate of drug-likeness (QED) is 0.680. The normalized spacial score (nSPS) is 11.2. The zero-order valence-corrected chi connectivity index (χ0v) is 13.4. The second kappa shape index (κ2) is 7.27. The number of benzene rings is 2. The Morgan fingerprint density at radius 2 is 1.71 bits per heavy atom. The third kappa shape index (κ3) is 4.75. The van der Waals surface area contributed by atoms with Crippen molar-refractivity contribution in [3.63, 3.8) is 0 Å². The Balaban J connectivity index is 2.06. The van der Waals surface area contributed by atoms with Crippen LogP contribution in [0.15, 0.2) is 36.4 Å². The first-order valence-corrected chi connectivity index (χ1v) is 7.28. The average Bonchev–Trinajstić information content (AvgIpc) is 2.48. The molecule has 0 unspecified atom stereocenters. The molecule has 9 heteroatoms. The van der Waals surface area contributed by atoms with Gasteiger partial charge in [0.25, 0.3) is 0 Å². The maximum atomic E-state index is 13.3. The van der Waals surface area contributed by atoms with Crippen molar-refractivity contribution in [2.45, 2.75) is 12.7 Å². The standard InChI is InChI=1S/C15H10Cl2F4N2O/c16-11-2-1-3-12(17)13(11)23-14(24)22-7-8-4-9(15(19,20)21)6-10(18)5-8/h1-6H,7H2,(H2,22,23,24).